The molecular weight excluding hydrogens is 821 g/mol. The molecule has 8 rings (SSSR count). The van der Waals surface area contributed by atoms with Gasteiger partial charge in [-0.3, -0.25) is 0 Å². The van der Waals surface area contributed by atoms with Crippen LogP contribution >= 0.6 is 0 Å². The smallest absolute Gasteiger partial charge is 0.187 e. The van der Waals surface area contributed by atoms with E-state index >= 15 is 0 Å². The van der Waals surface area contributed by atoms with Crippen LogP contribution in [0, 0.1) is 44.3 Å². The zero-order chi connectivity index (χ0) is 46.0. The van der Waals surface area contributed by atoms with Crippen molar-refractivity contribution in [3.05, 3.63) is 23.3 Å². The van der Waals surface area contributed by atoms with Gasteiger partial charge in [-0.15, -0.1) is 0 Å². The molecule has 6 fully saturated rings. The monoisotopic (exact) mass is 897 g/mol. The Kier molecular flexibility index (Phi) is 12.9. The number of hydrogen-bond donors (Lipinski definition) is 10. The van der Waals surface area contributed by atoms with E-state index in [9.17, 15) is 51.1 Å². The first kappa shape index (κ1) is 48.3. The second kappa shape index (κ2) is 16.8. The molecule has 0 aromatic heterocycles. The Balaban J connectivity index is 1.06. The first-order chi connectivity index (χ1) is 29.4. The molecule has 5 aliphatic carbocycles. The predicted molar refractivity (Wildman–Crippen MR) is 224 cm³/mol. The van der Waals surface area contributed by atoms with Crippen molar-refractivity contribution in [1.82, 2.24) is 0 Å². The Morgan fingerprint density at radius 2 is 1.35 bits per heavy atom. The molecule has 0 spiro atoms. The van der Waals surface area contributed by atoms with Crippen LogP contribution in [0.25, 0.3) is 0 Å². The lowest BCUT2D eigenvalue weighted by Crippen LogP contribution is -2.67. The number of fused-ring (bicyclic) bond motifs is 6. The fraction of sp³-hybridized carbons (Fsp3) is 0.915. The van der Waals surface area contributed by atoms with Crippen molar-refractivity contribution in [3.63, 3.8) is 0 Å². The fourth-order valence-corrected chi connectivity index (χ4v) is 14.2. The molecule has 8 aliphatic rings. The Hall–Kier alpha value is -1.16. The van der Waals surface area contributed by atoms with Gasteiger partial charge in [-0.05, 0) is 97.4 Å². The maximum atomic E-state index is 12.1. The van der Waals surface area contributed by atoms with Crippen molar-refractivity contribution in [2.75, 3.05) is 19.8 Å². The lowest BCUT2D eigenvalue weighted by atomic mass is 9.35. The average molecular weight is 897 g/mol. The van der Waals surface area contributed by atoms with Crippen molar-refractivity contribution >= 4 is 0 Å². The van der Waals surface area contributed by atoms with E-state index in [4.69, 9.17) is 28.4 Å². The van der Waals surface area contributed by atoms with Crippen LogP contribution in [0.5, 0.6) is 0 Å². The minimum Gasteiger partial charge on any atom is -0.395 e. The Labute approximate surface area is 371 Å². The third-order valence-corrected chi connectivity index (χ3v) is 18.4. The first-order valence-corrected chi connectivity index (χ1v) is 23.4. The SMILES string of the molecule is C[C@H]1O[C@@H](O[C@H]2CC[C@]3(C)[C@H]4C=CC5=C6CC(C)(C)CC[C@]6(CO)[C@H](O)C[C@@]5(C)[C@]4(C)CC[C@H]3C2(C)C)[C@H](O[C@@H]2O[C@H](CO)[C@@H](O)[C@H](O)[C@H]2O[C@@H]2OC[C@@H](O)[C@H](O)[C@H]2O)[C@@H](O)[C@H]1O. The number of aliphatic hydroxyl groups excluding tert-OH is 10. The molecule has 360 valence electrons. The minimum absolute atomic E-state index is 0.0550. The van der Waals surface area contributed by atoms with E-state index in [2.05, 4.69) is 60.6 Å². The van der Waals surface area contributed by atoms with Crippen LogP contribution in [0.2, 0.25) is 0 Å². The van der Waals surface area contributed by atoms with Gasteiger partial charge < -0.3 is 79.5 Å². The Bertz CT molecular complexity index is 1740. The van der Waals surface area contributed by atoms with Gasteiger partial charge in [0, 0.05) is 10.8 Å². The Morgan fingerprint density at radius 3 is 2.02 bits per heavy atom. The highest BCUT2D eigenvalue weighted by Crippen LogP contribution is 2.74. The van der Waals surface area contributed by atoms with E-state index < -0.39 is 122 Å². The molecule has 22 atom stereocenters. The normalized spacial score (nSPS) is 54.1. The van der Waals surface area contributed by atoms with Crippen LogP contribution in [0.1, 0.15) is 107 Å². The van der Waals surface area contributed by atoms with Gasteiger partial charge >= 0.3 is 0 Å². The van der Waals surface area contributed by atoms with Crippen molar-refractivity contribution in [1.29, 1.82) is 0 Å². The molecule has 63 heavy (non-hydrogen) atoms. The summed E-state index contributed by atoms with van der Waals surface area (Å²) in [6, 6.07) is 0. The molecule has 0 aromatic carbocycles. The lowest BCUT2D eigenvalue weighted by molar-refractivity contribution is -0.393. The number of ether oxygens (including phenoxy) is 6. The summed E-state index contributed by atoms with van der Waals surface area (Å²) in [5.41, 5.74) is 0.916. The molecule has 3 aliphatic heterocycles. The van der Waals surface area contributed by atoms with Crippen LogP contribution < -0.4 is 0 Å². The van der Waals surface area contributed by atoms with Gasteiger partial charge in [0.1, 0.15) is 61.0 Å². The first-order valence-electron chi connectivity index (χ1n) is 23.4. The Morgan fingerprint density at radius 1 is 0.698 bits per heavy atom. The average Bonchev–Trinajstić information content (AvgIpc) is 3.22. The summed E-state index contributed by atoms with van der Waals surface area (Å²) < 4.78 is 36.7. The molecule has 3 saturated heterocycles. The fourth-order valence-electron chi connectivity index (χ4n) is 14.2. The molecule has 0 aromatic rings. The molecule has 0 radical (unpaired) electrons. The van der Waals surface area contributed by atoms with E-state index in [0.29, 0.717) is 12.8 Å². The van der Waals surface area contributed by atoms with Gasteiger partial charge in [-0.1, -0.05) is 66.2 Å². The standard InChI is InChI=1S/C47H76O16/c1-22-31(52)34(55)37(63-41-38(35(56)33(54)26(19-48)60-41)62-39-36(57)32(53)25(50)20-58-39)40(59-22)61-30-12-13-44(6)27(43(30,4)5)11-14-45(7)28(44)10-9-23-24-17-42(2,3)15-16-47(24,21-49)29(51)18-46(23,45)8/h9-10,22,25-41,48-57H,11-21H2,1-8H3/t22-,25-,26-,27+,28-,29-,30+,31+,32+,33-,34+,35+,36-,37-,38-,39+,40+,41+,44+,45-,46-,47-/m1/s1. The van der Waals surface area contributed by atoms with Gasteiger partial charge in [0.15, 0.2) is 18.9 Å². The van der Waals surface area contributed by atoms with Crippen molar-refractivity contribution in [3.8, 4) is 0 Å². The van der Waals surface area contributed by atoms with Crippen LogP contribution in [0.3, 0.4) is 0 Å². The molecule has 16 nitrogen and oxygen atoms in total. The molecule has 3 saturated carbocycles. The van der Waals surface area contributed by atoms with Gasteiger partial charge in [-0.2, -0.15) is 0 Å². The van der Waals surface area contributed by atoms with Gasteiger partial charge in [0.2, 0.25) is 0 Å². The highest BCUT2D eigenvalue weighted by atomic mass is 16.8. The maximum Gasteiger partial charge on any atom is 0.187 e. The molecule has 10 N–H and O–H groups in total. The summed E-state index contributed by atoms with van der Waals surface area (Å²) in [5.74, 6) is 0.358. The van der Waals surface area contributed by atoms with Gasteiger partial charge in [0.05, 0.1) is 38.1 Å². The van der Waals surface area contributed by atoms with E-state index in [0.717, 1.165) is 38.5 Å². The summed E-state index contributed by atoms with van der Waals surface area (Å²) in [6.07, 6.45) is -11.0. The molecule has 3 heterocycles. The quantitative estimate of drug-likeness (QED) is 0.154. The van der Waals surface area contributed by atoms with Crippen LogP contribution in [-0.2, 0) is 28.4 Å². The van der Waals surface area contributed by atoms with Crippen LogP contribution in [0.15, 0.2) is 23.3 Å². The number of hydrogen-bond acceptors (Lipinski definition) is 16. The van der Waals surface area contributed by atoms with Crippen molar-refractivity contribution in [2.45, 2.75) is 205 Å². The number of aliphatic hydroxyl groups is 10. The van der Waals surface area contributed by atoms with E-state index in [-0.39, 0.29) is 40.1 Å². The van der Waals surface area contributed by atoms with E-state index in [1.54, 1.807) is 6.92 Å². The summed E-state index contributed by atoms with van der Waals surface area (Å²) in [7, 11) is 0. The van der Waals surface area contributed by atoms with Crippen LogP contribution in [-0.4, -0.2) is 169 Å². The summed E-state index contributed by atoms with van der Waals surface area (Å²) >= 11 is 0. The zero-order valence-corrected chi connectivity index (χ0v) is 38.2. The summed E-state index contributed by atoms with van der Waals surface area (Å²) in [5, 5.41) is 109. The second-order valence-electron chi connectivity index (χ2n) is 22.8. The molecule has 0 amide bonds. The third kappa shape index (κ3) is 7.48. The highest BCUT2D eigenvalue weighted by Gasteiger charge is 2.68. The van der Waals surface area contributed by atoms with Crippen LogP contribution in [0.4, 0.5) is 0 Å². The summed E-state index contributed by atoms with van der Waals surface area (Å²) in [4.78, 5) is 0. The molecule has 0 unspecified atom stereocenters. The lowest BCUT2D eigenvalue weighted by Gasteiger charge is -2.70. The second-order valence-corrected chi connectivity index (χ2v) is 22.8. The molecule has 16 heteroatoms. The predicted octanol–water partition coefficient (Wildman–Crippen LogP) is 1.17. The topological polar surface area (TPSA) is 258 Å². The van der Waals surface area contributed by atoms with Gasteiger partial charge in [0.25, 0.3) is 0 Å². The van der Waals surface area contributed by atoms with E-state index in [1.807, 2.05) is 0 Å². The largest absolute Gasteiger partial charge is 0.395 e. The minimum atomic E-state index is -1.79. The van der Waals surface area contributed by atoms with Crippen molar-refractivity contribution < 1.29 is 79.5 Å². The zero-order valence-electron chi connectivity index (χ0n) is 38.2. The number of rotatable bonds is 8. The summed E-state index contributed by atoms with van der Waals surface area (Å²) in [6.45, 7) is 16.6. The van der Waals surface area contributed by atoms with Gasteiger partial charge in [-0.25, -0.2) is 0 Å². The maximum absolute atomic E-state index is 12.1. The highest BCUT2D eigenvalue weighted by molar-refractivity contribution is 5.47. The van der Waals surface area contributed by atoms with Crippen molar-refractivity contribution in [2.24, 2.45) is 44.3 Å². The third-order valence-electron chi connectivity index (χ3n) is 18.4. The molecule has 0 bridgehead atoms. The molecular formula is C47H76O16. The van der Waals surface area contributed by atoms with E-state index in [1.165, 1.54) is 11.1 Å². The number of allylic oxidation sites excluding steroid dienone is 3.